The van der Waals surface area contributed by atoms with Crippen LogP contribution in [0.2, 0.25) is 10.0 Å². The lowest BCUT2D eigenvalue weighted by atomic mass is 10.2. The van der Waals surface area contributed by atoms with Gasteiger partial charge >= 0.3 is 5.97 Å². The normalized spacial score (nSPS) is 9.95. The van der Waals surface area contributed by atoms with Crippen molar-refractivity contribution in [3.05, 3.63) is 58.1 Å². The molecule has 0 atom stereocenters. The molecule has 0 saturated heterocycles. The number of halogens is 2. The van der Waals surface area contributed by atoms with Crippen molar-refractivity contribution in [3.8, 4) is 0 Å². The molecular formula is C15H12Cl2N2O2S. The molecule has 114 valence electrons. The van der Waals surface area contributed by atoms with Crippen molar-refractivity contribution in [1.82, 2.24) is 0 Å². The summed E-state index contributed by atoms with van der Waals surface area (Å²) in [6.45, 7) is 0. The van der Waals surface area contributed by atoms with Gasteiger partial charge in [-0.15, -0.1) is 0 Å². The van der Waals surface area contributed by atoms with Crippen LogP contribution in [0.4, 0.5) is 11.4 Å². The third kappa shape index (κ3) is 4.34. The van der Waals surface area contributed by atoms with Gasteiger partial charge in [-0.3, -0.25) is 0 Å². The SMILES string of the molecule is COC(=O)c1cccc(NC(=S)Nc2cc(Cl)ccc2Cl)c1. The Labute approximate surface area is 143 Å². The topological polar surface area (TPSA) is 50.4 Å². The van der Waals surface area contributed by atoms with E-state index in [0.29, 0.717) is 32.1 Å². The molecule has 0 aliphatic rings. The molecule has 0 spiro atoms. The van der Waals surface area contributed by atoms with Gasteiger partial charge in [-0.1, -0.05) is 29.3 Å². The number of ether oxygens (including phenoxy) is 1. The van der Waals surface area contributed by atoms with Gasteiger partial charge in [-0.2, -0.15) is 0 Å². The maximum absolute atomic E-state index is 11.5. The van der Waals surface area contributed by atoms with Gasteiger partial charge in [0.2, 0.25) is 0 Å². The summed E-state index contributed by atoms with van der Waals surface area (Å²) in [6.07, 6.45) is 0. The number of hydrogen-bond donors (Lipinski definition) is 2. The molecule has 0 unspecified atom stereocenters. The fourth-order valence-electron chi connectivity index (χ4n) is 1.72. The van der Waals surface area contributed by atoms with E-state index in [0.717, 1.165) is 0 Å². The number of hydrogen-bond acceptors (Lipinski definition) is 3. The second-order valence-corrected chi connectivity index (χ2v) is 5.53. The van der Waals surface area contributed by atoms with Crippen LogP contribution in [0.5, 0.6) is 0 Å². The molecule has 0 radical (unpaired) electrons. The Hall–Kier alpha value is -1.82. The van der Waals surface area contributed by atoms with Crippen LogP contribution in [0.1, 0.15) is 10.4 Å². The first kappa shape index (κ1) is 16.5. The number of carbonyl (C=O) groups is 1. The van der Waals surface area contributed by atoms with Crippen LogP contribution in [0, 0.1) is 0 Å². The van der Waals surface area contributed by atoms with Gasteiger partial charge in [0.25, 0.3) is 0 Å². The molecule has 0 aliphatic heterocycles. The maximum Gasteiger partial charge on any atom is 0.337 e. The first-order chi connectivity index (χ1) is 10.5. The Bertz CT molecular complexity index is 722. The molecule has 2 aromatic rings. The molecule has 0 aromatic heterocycles. The summed E-state index contributed by atoms with van der Waals surface area (Å²) in [5.41, 5.74) is 1.67. The standard InChI is InChI=1S/C15H12Cl2N2O2S/c1-21-14(20)9-3-2-4-11(7-9)18-15(22)19-13-8-10(16)5-6-12(13)17/h2-8H,1H3,(H2,18,19,22). The van der Waals surface area contributed by atoms with E-state index in [1.54, 1.807) is 42.5 Å². The summed E-state index contributed by atoms with van der Waals surface area (Å²) in [7, 11) is 1.33. The van der Waals surface area contributed by atoms with Gasteiger partial charge < -0.3 is 15.4 Å². The molecule has 0 saturated carbocycles. The molecule has 0 heterocycles. The monoisotopic (exact) mass is 354 g/mol. The molecule has 0 amide bonds. The summed E-state index contributed by atoms with van der Waals surface area (Å²) in [4.78, 5) is 11.5. The van der Waals surface area contributed by atoms with Gasteiger partial charge in [0.15, 0.2) is 5.11 Å². The number of methoxy groups -OCH3 is 1. The fourth-order valence-corrected chi connectivity index (χ4v) is 2.28. The third-order valence-electron chi connectivity index (χ3n) is 2.72. The largest absolute Gasteiger partial charge is 0.465 e. The van der Waals surface area contributed by atoms with E-state index in [2.05, 4.69) is 15.4 Å². The minimum Gasteiger partial charge on any atom is -0.465 e. The van der Waals surface area contributed by atoms with Crippen LogP contribution in [0.25, 0.3) is 0 Å². The number of rotatable bonds is 3. The summed E-state index contributed by atoms with van der Waals surface area (Å²) in [5.74, 6) is -0.416. The lowest BCUT2D eigenvalue weighted by Crippen LogP contribution is -2.19. The smallest absolute Gasteiger partial charge is 0.337 e. The lowest BCUT2D eigenvalue weighted by Gasteiger charge is -2.12. The van der Waals surface area contributed by atoms with Gasteiger partial charge in [0.05, 0.1) is 23.4 Å². The quantitative estimate of drug-likeness (QED) is 0.623. The number of benzene rings is 2. The van der Waals surface area contributed by atoms with Crippen LogP contribution >= 0.6 is 35.4 Å². The highest BCUT2D eigenvalue weighted by Gasteiger charge is 2.07. The summed E-state index contributed by atoms with van der Waals surface area (Å²) in [5, 5.41) is 7.28. The first-order valence-electron chi connectivity index (χ1n) is 6.21. The van der Waals surface area contributed by atoms with E-state index in [1.807, 2.05) is 0 Å². The Balaban J connectivity index is 2.09. The van der Waals surface area contributed by atoms with Gasteiger partial charge in [-0.25, -0.2) is 4.79 Å². The number of anilines is 2. The zero-order chi connectivity index (χ0) is 16.1. The molecule has 0 bridgehead atoms. The first-order valence-corrected chi connectivity index (χ1v) is 7.37. The second kappa shape index (κ2) is 7.45. The molecule has 22 heavy (non-hydrogen) atoms. The van der Waals surface area contributed by atoms with E-state index in [-0.39, 0.29) is 0 Å². The second-order valence-electron chi connectivity index (χ2n) is 4.28. The Kier molecular flexibility index (Phi) is 5.60. The molecule has 2 rings (SSSR count). The summed E-state index contributed by atoms with van der Waals surface area (Å²) in [6, 6.07) is 11.8. The van der Waals surface area contributed by atoms with E-state index in [9.17, 15) is 4.79 Å². The van der Waals surface area contributed by atoms with Crippen molar-refractivity contribution in [3.63, 3.8) is 0 Å². The fraction of sp³-hybridized carbons (Fsp3) is 0.0667. The van der Waals surface area contributed by atoms with Crippen molar-refractivity contribution < 1.29 is 9.53 Å². The maximum atomic E-state index is 11.5. The van der Waals surface area contributed by atoms with Gasteiger partial charge in [-0.05, 0) is 48.6 Å². The van der Waals surface area contributed by atoms with Gasteiger partial charge in [0, 0.05) is 10.7 Å². The lowest BCUT2D eigenvalue weighted by molar-refractivity contribution is 0.0601. The average molecular weight is 355 g/mol. The zero-order valence-corrected chi connectivity index (χ0v) is 13.9. The average Bonchev–Trinajstić information content (AvgIpc) is 2.50. The van der Waals surface area contributed by atoms with Crippen LogP contribution in [0.3, 0.4) is 0 Å². The molecule has 2 N–H and O–H groups in total. The number of carbonyl (C=O) groups excluding carboxylic acids is 1. The highest BCUT2D eigenvalue weighted by atomic mass is 35.5. The Morgan fingerprint density at radius 2 is 1.91 bits per heavy atom. The molecule has 2 aromatic carbocycles. The predicted octanol–water partition coefficient (Wildman–Crippen LogP) is 4.59. The van der Waals surface area contributed by atoms with Gasteiger partial charge in [0.1, 0.15) is 0 Å². The highest BCUT2D eigenvalue weighted by Crippen LogP contribution is 2.25. The van der Waals surface area contributed by atoms with E-state index >= 15 is 0 Å². The number of thiocarbonyl (C=S) groups is 1. The van der Waals surface area contributed by atoms with E-state index in [1.165, 1.54) is 7.11 Å². The van der Waals surface area contributed by atoms with Crippen LogP contribution in [-0.2, 0) is 4.74 Å². The highest BCUT2D eigenvalue weighted by molar-refractivity contribution is 7.80. The Morgan fingerprint density at radius 1 is 1.14 bits per heavy atom. The summed E-state index contributed by atoms with van der Waals surface area (Å²) < 4.78 is 4.67. The van der Waals surface area contributed by atoms with Crippen LogP contribution in [0.15, 0.2) is 42.5 Å². The van der Waals surface area contributed by atoms with Crippen molar-refractivity contribution >= 4 is 57.9 Å². The van der Waals surface area contributed by atoms with Crippen molar-refractivity contribution in [1.29, 1.82) is 0 Å². The predicted molar refractivity (Wildman–Crippen MR) is 94.1 cm³/mol. The zero-order valence-electron chi connectivity index (χ0n) is 11.5. The molecule has 0 aliphatic carbocycles. The van der Waals surface area contributed by atoms with Crippen molar-refractivity contribution in [2.75, 3.05) is 17.7 Å². The number of nitrogens with one attached hydrogen (secondary N) is 2. The molecule has 4 nitrogen and oxygen atoms in total. The minimum absolute atomic E-state index is 0.325. The van der Waals surface area contributed by atoms with E-state index in [4.69, 9.17) is 35.4 Å². The van der Waals surface area contributed by atoms with Crippen LogP contribution < -0.4 is 10.6 Å². The molecule has 7 heteroatoms. The summed E-state index contributed by atoms with van der Waals surface area (Å²) >= 11 is 17.2. The Morgan fingerprint density at radius 3 is 2.64 bits per heavy atom. The van der Waals surface area contributed by atoms with Crippen LogP contribution in [-0.4, -0.2) is 18.2 Å². The molecular weight excluding hydrogens is 343 g/mol. The van der Waals surface area contributed by atoms with Crippen molar-refractivity contribution in [2.24, 2.45) is 0 Å². The van der Waals surface area contributed by atoms with E-state index < -0.39 is 5.97 Å². The molecule has 0 fully saturated rings. The van der Waals surface area contributed by atoms with Crippen molar-refractivity contribution in [2.45, 2.75) is 0 Å². The third-order valence-corrected chi connectivity index (χ3v) is 3.49. The minimum atomic E-state index is -0.416. The number of esters is 1.